The molecule has 0 fully saturated rings. The fourth-order valence-electron chi connectivity index (χ4n) is 2.34. The van der Waals surface area contributed by atoms with Crippen LogP contribution in [0.4, 0.5) is 19.0 Å². The molecule has 3 rings (SSSR count). The zero-order chi connectivity index (χ0) is 18.0. The van der Waals surface area contributed by atoms with Crippen molar-refractivity contribution in [2.24, 2.45) is 7.05 Å². The quantitative estimate of drug-likeness (QED) is 0.723. The van der Waals surface area contributed by atoms with Crippen molar-refractivity contribution in [3.63, 3.8) is 0 Å². The van der Waals surface area contributed by atoms with Gasteiger partial charge in [-0.25, -0.2) is 4.98 Å². The molecular weight excluding hydrogens is 353 g/mol. The second kappa shape index (κ2) is 6.76. The number of nitrogens with zero attached hydrogens (tertiary/aromatic N) is 3. The van der Waals surface area contributed by atoms with Gasteiger partial charge in [0.25, 0.3) is 0 Å². The number of aryl methyl sites for hydroxylation is 1. The fourth-order valence-corrected chi connectivity index (χ4v) is 2.57. The molecule has 0 radical (unpaired) electrons. The van der Waals surface area contributed by atoms with Crippen LogP contribution in [0.25, 0.3) is 11.1 Å². The lowest BCUT2D eigenvalue weighted by Gasteiger charge is -2.11. The molecule has 0 aliphatic carbocycles. The van der Waals surface area contributed by atoms with Gasteiger partial charge in [-0.1, -0.05) is 29.8 Å². The molecule has 0 saturated carbocycles. The Labute approximate surface area is 147 Å². The number of hydrogen-bond donors (Lipinski definition) is 1. The van der Waals surface area contributed by atoms with Crippen LogP contribution >= 0.6 is 11.6 Å². The zero-order valence-electron chi connectivity index (χ0n) is 13.2. The van der Waals surface area contributed by atoms with Gasteiger partial charge in [-0.15, -0.1) is 0 Å². The lowest BCUT2D eigenvalue weighted by atomic mass is 10.1. The maximum Gasteiger partial charge on any atom is 0.417 e. The molecule has 0 amide bonds. The van der Waals surface area contributed by atoms with Crippen LogP contribution in [-0.2, 0) is 19.8 Å². The number of pyridine rings is 1. The predicted octanol–water partition coefficient (Wildman–Crippen LogP) is 4.77. The average molecular weight is 367 g/mol. The van der Waals surface area contributed by atoms with Crippen LogP contribution in [0.3, 0.4) is 0 Å². The van der Waals surface area contributed by atoms with Gasteiger partial charge in [0.2, 0.25) is 0 Å². The van der Waals surface area contributed by atoms with Gasteiger partial charge in [0.15, 0.2) is 0 Å². The van der Waals surface area contributed by atoms with Crippen LogP contribution in [0.1, 0.15) is 11.1 Å². The number of anilines is 1. The summed E-state index contributed by atoms with van der Waals surface area (Å²) in [6, 6.07) is 8.61. The van der Waals surface area contributed by atoms with Gasteiger partial charge in [0, 0.05) is 31.5 Å². The first-order valence-electron chi connectivity index (χ1n) is 7.37. The molecule has 0 saturated heterocycles. The summed E-state index contributed by atoms with van der Waals surface area (Å²) < 4.78 is 39.6. The molecule has 0 atom stereocenters. The maximum absolute atomic E-state index is 12.6. The summed E-state index contributed by atoms with van der Waals surface area (Å²) in [5, 5.41) is 7.03. The molecule has 1 aromatic carbocycles. The highest BCUT2D eigenvalue weighted by atomic mass is 35.5. The van der Waals surface area contributed by atoms with E-state index in [1.807, 2.05) is 37.5 Å². The van der Waals surface area contributed by atoms with Gasteiger partial charge in [0.05, 0.1) is 16.8 Å². The highest BCUT2D eigenvalue weighted by Gasteiger charge is 2.31. The monoisotopic (exact) mass is 366 g/mol. The third-order valence-corrected chi connectivity index (χ3v) is 3.88. The molecule has 2 heterocycles. The number of halogens is 4. The first-order valence-corrected chi connectivity index (χ1v) is 7.75. The molecule has 1 N–H and O–H groups in total. The van der Waals surface area contributed by atoms with E-state index >= 15 is 0 Å². The Morgan fingerprint density at radius 3 is 2.60 bits per heavy atom. The number of benzene rings is 1. The van der Waals surface area contributed by atoms with Gasteiger partial charge < -0.3 is 5.32 Å². The molecule has 0 unspecified atom stereocenters. The first-order chi connectivity index (χ1) is 11.8. The molecule has 130 valence electrons. The summed E-state index contributed by atoms with van der Waals surface area (Å²) in [7, 11) is 1.84. The van der Waals surface area contributed by atoms with Crippen LogP contribution in [0.2, 0.25) is 5.02 Å². The van der Waals surface area contributed by atoms with Crippen molar-refractivity contribution in [1.29, 1.82) is 0 Å². The van der Waals surface area contributed by atoms with Gasteiger partial charge in [0.1, 0.15) is 5.82 Å². The van der Waals surface area contributed by atoms with Gasteiger partial charge in [-0.2, -0.15) is 18.3 Å². The largest absolute Gasteiger partial charge is 0.417 e. The summed E-state index contributed by atoms with van der Waals surface area (Å²) in [6.45, 7) is 0.381. The summed E-state index contributed by atoms with van der Waals surface area (Å²) in [5.74, 6) is 0.210. The Morgan fingerprint density at radius 2 is 1.96 bits per heavy atom. The maximum atomic E-state index is 12.6. The van der Waals surface area contributed by atoms with Gasteiger partial charge in [-0.05, 0) is 23.3 Å². The Balaban J connectivity index is 1.74. The number of rotatable bonds is 4. The number of alkyl halides is 3. The molecule has 3 aromatic rings. The van der Waals surface area contributed by atoms with Crippen molar-refractivity contribution >= 4 is 17.4 Å². The summed E-state index contributed by atoms with van der Waals surface area (Å²) in [6.07, 6.45) is -0.0326. The van der Waals surface area contributed by atoms with Crippen molar-refractivity contribution in [2.75, 3.05) is 5.32 Å². The predicted molar refractivity (Wildman–Crippen MR) is 90.2 cm³/mol. The zero-order valence-corrected chi connectivity index (χ0v) is 13.9. The minimum atomic E-state index is -4.47. The number of aromatic nitrogens is 3. The van der Waals surface area contributed by atoms with Crippen molar-refractivity contribution in [1.82, 2.24) is 14.8 Å². The molecule has 0 aliphatic rings. The molecular formula is C17H14ClF3N4. The van der Waals surface area contributed by atoms with Crippen LogP contribution in [0.15, 0.2) is 48.9 Å². The van der Waals surface area contributed by atoms with E-state index in [9.17, 15) is 13.2 Å². The summed E-state index contributed by atoms with van der Waals surface area (Å²) >= 11 is 5.90. The Hall–Kier alpha value is -2.54. The van der Waals surface area contributed by atoms with E-state index < -0.39 is 11.7 Å². The van der Waals surface area contributed by atoms with E-state index in [-0.39, 0.29) is 10.8 Å². The van der Waals surface area contributed by atoms with Gasteiger partial charge in [-0.3, -0.25) is 4.68 Å². The molecule has 8 heteroatoms. The minimum absolute atomic E-state index is 0.0711. The van der Waals surface area contributed by atoms with Crippen molar-refractivity contribution in [3.8, 4) is 11.1 Å². The van der Waals surface area contributed by atoms with E-state index in [1.165, 1.54) is 0 Å². The highest BCUT2D eigenvalue weighted by molar-refractivity contribution is 6.32. The molecule has 4 nitrogen and oxygen atoms in total. The third-order valence-electron chi connectivity index (χ3n) is 3.59. The first kappa shape index (κ1) is 17.3. The van der Waals surface area contributed by atoms with E-state index in [0.717, 1.165) is 29.0 Å². The Bertz CT molecular complexity index is 890. The second-order valence-corrected chi connectivity index (χ2v) is 5.92. The Morgan fingerprint density at radius 1 is 1.16 bits per heavy atom. The minimum Gasteiger partial charge on any atom is -0.365 e. The van der Waals surface area contributed by atoms with Gasteiger partial charge >= 0.3 is 6.18 Å². The lowest BCUT2D eigenvalue weighted by Crippen LogP contribution is -2.08. The van der Waals surface area contributed by atoms with Crippen LogP contribution in [0.5, 0.6) is 0 Å². The molecule has 25 heavy (non-hydrogen) atoms. The molecule has 0 bridgehead atoms. The SMILES string of the molecule is Cn1cc(-c2cccc(CNc3ncc(C(F)(F)F)cc3Cl)c2)cn1. The highest BCUT2D eigenvalue weighted by Crippen LogP contribution is 2.32. The molecule has 2 aromatic heterocycles. The normalized spacial score (nSPS) is 11.6. The number of hydrogen-bond acceptors (Lipinski definition) is 3. The standard InChI is InChI=1S/C17H14ClF3N4/c1-25-10-13(8-24-25)12-4-2-3-11(5-12)7-22-16-15(18)6-14(9-23-16)17(19,20)21/h2-6,8-10H,7H2,1H3,(H,22,23). The van der Waals surface area contributed by atoms with Crippen LogP contribution in [-0.4, -0.2) is 14.8 Å². The van der Waals surface area contributed by atoms with Crippen molar-refractivity contribution in [3.05, 3.63) is 65.1 Å². The Kier molecular flexibility index (Phi) is 4.67. The smallest absolute Gasteiger partial charge is 0.365 e. The third kappa shape index (κ3) is 4.11. The molecule has 0 spiro atoms. The van der Waals surface area contributed by atoms with Crippen LogP contribution < -0.4 is 5.32 Å². The lowest BCUT2D eigenvalue weighted by molar-refractivity contribution is -0.137. The van der Waals surface area contributed by atoms with E-state index in [0.29, 0.717) is 6.54 Å². The topological polar surface area (TPSA) is 42.7 Å². The van der Waals surface area contributed by atoms with Crippen molar-refractivity contribution < 1.29 is 13.2 Å². The van der Waals surface area contributed by atoms with E-state index in [2.05, 4.69) is 15.4 Å². The van der Waals surface area contributed by atoms with Crippen LogP contribution in [0, 0.1) is 0 Å². The van der Waals surface area contributed by atoms with Crippen molar-refractivity contribution in [2.45, 2.75) is 12.7 Å². The summed E-state index contributed by atoms with van der Waals surface area (Å²) in [5.41, 5.74) is 2.05. The van der Waals surface area contributed by atoms with E-state index in [4.69, 9.17) is 11.6 Å². The van der Waals surface area contributed by atoms with E-state index in [1.54, 1.807) is 10.9 Å². The second-order valence-electron chi connectivity index (χ2n) is 5.51. The summed E-state index contributed by atoms with van der Waals surface area (Å²) in [4.78, 5) is 3.77. The average Bonchev–Trinajstić information content (AvgIpc) is 2.99. The molecule has 0 aliphatic heterocycles. The number of nitrogens with one attached hydrogen (secondary N) is 1. The fraction of sp³-hybridized carbons (Fsp3) is 0.176.